The number of aliphatic carboxylic acids is 1. The molecule has 0 unspecified atom stereocenters. The van der Waals surface area contributed by atoms with Crippen molar-refractivity contribution in [1.29, 1.82) is 0 Å². The molecule has 5 aromatic rings. The fourth-order valence-electron chi connectivity index (χ4n) is 4.72. The number of hydrogen-bond acceptors (Lipinski definition) is 7. The van der Waals surface area contributed by atoms with Crippen molar-refractivity contribution >= 4 is 52.0 Å². The lowest BCUT2D eigenvalue weighted by atomic mass is 10.1. The van der Waals surface area contributed by atoms with Crippen LogP contribution in [-0.2, 0) is 29.2 Å². The minimum Gasteiger partial charge on any atom is -0.497 e. The second kappa shape index (κ2) is 16.1. The van der Waals surface area contributed by atoms with Crippen LogP contribution in [0.2, 0.25) is 0 Å². The van der Waals surface area contributed by atoms with Gasteiger partial charge in [-0.2, -0.15) is 0 Å². The summed E-state index contributed by atoms with van der Waals surface area (Å²) in [6, 6.07) is 29.6. The van der Waals surface area contributed by atoms with Gasteiger partial charge in [0.05, 0.1) is 24.7 Å². The maximum absolute atomic E-state index is 12.9. The van der Waals surface area contributed by atoms with E-state index in [2.05, 4.69) is 20.9 Å². The first-order valence-electron chi connectivity index (χ1n) is 15.0. The number of H-pyrrole nitrogens is 1. The van der Waals surface area contributed by atoms with E-state index in [4.69, 9.17) is 26.7 Å². The van der Waals surface area contributed by atoms with Gasteiger partial charge in [0.2, 0.25) is 0 Å². The third kappa shape index (κ3) is 9.30. The number of carbonyl (C=O) groups is 3. The van der Waals surface area contributed by atoms with Crippen LogP contribution in [-0.4, -0.2) is 62.8 Å². The first-order chi connectivity index (χ1) is 23.3. The number of hydrogen-bond donors (Lipinski definition) is 5. The van der Waals surface area contributed by atoms with Crippen LogP contribution in [0.15, 0.2) is 103 Å². The molecule has 13 heteroatoms. The molecule has 12 nitrogen and oxygen atoms in total. The van der Waals surface area contributed by atoms with Crippen molar-refractivity contribution in [1.82, 2.24) is 25.5 Å². The standard InChI is InChI=1S/C35H34N6O6S/c1-46-27-17-15-26(16-18-27)37-34(48)41(21-31-38-28-9-5-6-10-29(28)39-31)20-23-11-13-25(14-12-23)32(42)36-19-30(33(43)44)40-35(45)47-22-24-7-3-2-4-8-24/h2-18,30H,19-22H2,1H3,(H,36,42)(H,37,48)(H,38,39)(H,40,45)(H,43,44)/t30-/m0/s1. The summed E-state index contributed by atoms with van der Waals surface area (Å²) >= 11 is 5.81. The summed E-state index contributed by atoms with van der Waals surface area (Å²) in [5.74, 6) is -0.350. The maximum Gasteiger partial charge on any atom is 0.408 e. The Hall–Kier alpha value is -5.95. The van der Waals surface area contributed by atoms with Gasteiger partial charge in [0.15, 0.2) is 5.11 Å². The predicted octanol–water partition coefficient (Wildman–Crippen LogP) is 5.08. The summed E-state index contributed by atoms with van der Waals surface area (Å²) in [7, 11) is 1.61. The molecule has 4 aromatic carbocycles. The first-order valence-corrected chi connectivity index (χ1v) is 15.4. The highest BCUT2D eigenvalue weighted by Crippen LogP contribution is 2.19. The van der Waals surface area contributed by atoms with E-state index < -0.39 is 24.0 Å². The highest BCUT2D eigenvalue weighted by molar-refractivity contribution is 7.80. The van der Waals surface area contributed by atoms with Gasteiger partial charge < -0.3 is 40.4 Å². The van der Waals surface area contributed by atoms with E-state index in [1.807, 2.05) is 59.5 Å². The highest BCUT2D eigenvalue weighted by atomic mass is 32.1. The largest absolute Gasteiger partial charge is 0.497 e. The number of methoxy groups -OCH3 is 1. The Balaban J connectivity index is 1.20. The van der Waals surface area contributed by atoms with E-state index in [1.165, 1.54) is 0 Å². The number of aromatic nitrogens is 2. The molecule has 0 aliphatic heterocycles. The van der Waals surface area contributed by atoms with Crippen molar-refractivity contribution in [3.8, 4) is 5.75 Å². The first kappa shape index (κ1) is 33.4. The molecule has 48 heavy (non-hydrogen) atoms. The van der Waals surface area contributed by atoms with E-state index in [9.17, 15) is 19.5 Å². The molecule has 0 bridgehead atoms. The van der Waals surface area contributed by atoms with Gasteiger partial charge in [-0.1, -0.05) is 54.6 Å². The van der Waals surface area contributed by atoms with Crippen molar-refractivity contribution in [3.63, 3.8) is 0 Å². The number of carbonyl (C=O) groups excluding carboxylic acids is 2. The number of nitrogens with zero attached hydrogens (tertiary/aromatic N) is 2. The Labute approximate surface area is 282 Å². The summed E-state index contributed by atoms with van der Waals surface area (Å²) in [5, 5.41) is 18.1. The number of carboxylic acids is 1. The van der Waals surface area contributed by atoms with E-state index >= 15 is 0 Å². The van der Waals surface area contributed by atoms with Crippen LogP contribution in [0, 0.1) is 0 Å². The monoisotopic (exact) mass is 666 g/mol. The molecule has 2 amide bonds. The number of thiocarbonyl (C=S) groups is 1. The smallest absolute Gasteiger partial charge is 0.408 e. The molecule has 1 heterocycles. The summed E-state index contributed by atoms with van der Waals surface area (Å²) in [4.78, 5) is 46.8. The molecule has 5 rings (SSSR count). The average molecular weight is 667 g/mol. The number of fused-ring (bicyclic) bond motifs is 1. The lowest BCUT2D eigenvalue weighted by Crippen LogP contribution is -2.48. The number of nitrogens with one attached hydrogen (secondary N) is 4. The zero-order valence-corrected chi connectivity index (χ0v) is 26.8. The SMILES string of the molecule is COc1ccc(NC(=S)N(Cc2ccc(C(=O)NC[C@H](NC(=O)OCc3ccccc3)C(=O)O)cc2)Cc2nc3ccccc3[nH]2)cc1. The van der Waals surface area contributed by atoms with E-state index in [1.54, 1.807) is 55.6 Å². The lowest BCUT2D eigenvalue weighted by Gasteiger charge is -2.25. The Morgan fingerprint density at radius 1 is 0.896 bits per heavy atom. The normalized spacial score (nSPS) is 11.3. The molecule has 0 aliphatic rings. The summed E-state index contributed by atoms with van der Waals surface area (Å²) in [6.07, 6.45) is -0.906. The molecule has 0 saturated carbocycles. The average Bonchev–Trinajstić information content (AvgIpc) is 3.52. The molecule has 0 saturated heterocycles. The number of carboxylic acid groups (broad SMARTS) is 1. The third-order valence-electron chi connectivity index (χ3n) is 7.27. The number of ether oxygens (including phenoxy) is 2. The number of amides is 2. The number of aromatic amines is 1. The van der Waals surface area contributed by atoms with E-state index in [0.29, 0.717) is 23.8 Å². The van der Waals surface area contributed by atoms with Gasteiger partial charge in [-0.05, 0) is 71.9 Å². The quantitative estimate of drug-likeness (QED) is 0.107. The van der Waals surface area contributed by atoms with Gasteiger partial charge in [-0.25, -0.2) is 14.6 Å². The van der Waals surface area contributed by atoms with Gasteiger partial charge in [-0.3, -0.25) is 4.79 Å². The molecule has 0 radical (unpaired) electrons. The van der Waals surface area contributed by atoms with Crippen molar-refractivity contribution < 1.29 is 29.0 Å². The van der Waals surface area contributed by atoms with Gasteiger partial charge in [0.1, 0.15) is 24.2 Å². The molecule has 1 aromatic heterocycles. The molecule has 0 aliphatic carbocycles. The molecular weight excluding hydrogens is 632 g/mol. The Morgan fingerprint density at radius 3 is 2.29 bits per heavy atom. The van der Waals surface area contributed by atoms with Crippen LogP contribution in [0.3, 0.4) is 0 Å². The number of imidazole rings is 1. The van der Waals surface area contributed by atoms with Crippen LogP contribution in [0.25, 0.3) is 11.0 Å². The zero-order valence-electron chi connectivity index (χ0n) is 26.0. The summed E-state index contributed by atoms with van der Waals surface area (Å²) in [5.41, 5.74) is 4.50. The molecular formula is C35H34N6O6S. The van der Waals surface area contributed by atoms with Gasteiger partial charge >= 0.3 is 12.1 Å². The third-order valence-corrected chi connectivity index (χ3v) is 7.63. The highest BCUT2D eigenvalue weighted by Gasteiger charge is 2.22. The van der Waals surface area contributed by atoms with E-state index in [-0.39, 0.29) is 13.2 Å². The number of benzene rings is 4. The minimum absolute atomic E-state index is 0.0182. The lowest BCUT2D eigenvalue weighted by molar-refractivity contribution is -0.139. The van der Waals surface area contributed by atoms with E-state index in [0.717, 1.165) is 39.4 Å². The van der Waals surface area contributed by atoms with Crippen molar-refractivity contribution in [3.05, 3.63) is 126 Å². The number of anilines is 1. The predicted molar refractivity (Wildman–Crippen MR) is 185 cm³/mol. The molecule has 0 fully saturated rings. The van der Waals surface area contributed by atoms with Crippen LogP contribution in [0.1, 0.15) is 27.3 Å². The van der Waals surface area contributed by atoms with Crippen LogP contribution < -0.4 is 20.7 Å². The Kier molecular flexibility index (Phi) is 11.2. The fraction of sp³-hybridized carbons (Fsp3) is 0.171. The van der Waals surface area contributed by atoms with Crippen molar-refractivity contribution in [2.75, 3.05) is 19.0 Å². The second-order valence-electron chi connectivity index (χ2n) is 10.7. The van der Waals surface area contributed by atoms with Gasteiger partial charge in [0, 0.05) is 24.3 Å². The Morgan fingerprint density at radius 2 is 1.60 bits per heavy atom. The summed E-state index contributed by atoms with van der Waals surface area (Å²) < 4.78 is 10.4. The molecule has 246 valence electrons. The van der Waals surface area contributed by atoms with Crippen LogP contribution in [0.5, 0.6) is 5.75 Å². The van der Waals surface area contributed by atoms with Gasteiger partial charge in [-0.15, -0.1) is 0 Å². The summed E-state index contributed by atoms with van der Waals surface area (Å²) in [6.45, 7) is 0.427. The maximum atomic E-state index is 12.9. The molecule has 1 atom stereocenters. The number of alkyl carbamates (subject to hydrolysis) is 1. The second-order valence-corrected chi connectivity index (χ2v) is 11.1. The molecule has 0 spiro atoms. The molecule has 5 N–H and O–H groups in total. The van der Waals surface area contributed by atoms with Crippen molar-refractivity contribution in [2.45, 2.75) is 25.7 Å². The minimum atomic E-state index is -1.39. The zero-order chi connectivity index (χ0) is 33.9. The van der Waals surface area contributed by atoms with Gasteiger partial charge in [0.25, 0.3) is 5.91 Å². The number of para-hydroxylation sites is 2. The topological polar surface area (TPSA) is 158 Å². The fourth-order valence-corrected chi connectivity index (χ4v) is 4.97. The Bertz CT molecular complexity index is 1830. The van der Waals surface area contributed by atoms with Crippen molar-refractivity contribution in [2.24, 2.45) is 0 Å². The number of rotatable bonds is 13. The van der Waals surface area contributed by atoms with Crippen LogP contribution >= 0.6 is 12.2 Å². The van der Waals surface area contributed by atoms with Crippen LogP contribution in [0.4, 0.5) is 10.5 Å².